The van der Waals surface area contributed by atoms with E-state index >= 15 is 0 Å². The molecule has 0 aromatic heterocycles. The Balaban J connectivity index is 0.00000152. The Morgan fingerprint density at radius 1 is 0.513 bits per heavy atom. The molecular formula is C14H8F15IO6S3. The van der Waals surface area contributed by atoms with Crippen LogP contribution in [-0.2, 0) is 29.5 Å². The van der Waals surface area contributed by atoms with E-state index < -0.39 is 67.7 Å². The predicted octanol–water partition coefficient (Wildman–Crippen LogP) is 5.58. The third kappa shape index (κ3) is 6.81. The third-order valence-electron chi connectivity index (χ3n) is 3.83. The van der Waals surface area contributed by atoms with E-state index in [-0.39, 0.29) is 0 Å². The zero-order valence-electron chi connectivity index (χ0n) is 17.6. The Bertz CT molecular complexity index is 1190. The first-order chi connectivity index (χ1) is 16.7. The normalized spacial score (nSPS) is 15.1. The molecule has 0 radical (unpaired) electrons. The van der Waals surface area contributed by atoms with E-state index in [0.717, 1.165) is 0 Å². The van der Waals surface area contributed by atoms with Crippen molar-refractivity contribution in [1.82, 2.24) is 0 Å². The summed E-state index contributed by atoms with van der Waals surface area (Å²) in [4.78, 5) is 0. The summed E-state index contributed by atoms with van der Waals surface area (Å²) in [7, 11) is -27.5. The lowest BCUT2D eigenvalue weighted by Gasteiger charge is -2.30. The largest absolute Gasteiger partial charge is 0.469 e. The fraction of sp³-hybridized carbons (Fsp3) is 0.571. The summed E-state index contributed by atoms with van der Waals surface area (Å²) in [6.07, 6.45) is -23.4. The summed E-state index contributed by atoms with van der Waals surface area (Å²) in [5.41, 5.74) is 1.32. The fourth-order valence-electron chi connectivity index (χ4n) is 1.88. The molecule has 0 fully saturated rings. The lowest BCUT2D eigenvalue weighted by Crippen LogP contribution is -2.62. The van der Waals surface area contributed by atoms with Crippen LogP contribution < -0.4 is 0 Å². The molecule has 0 atom stereocenters. The van der Waals surface area contributed by atoms with Crippen LogP contribution in [0.25, 0.3) is 0 Å². The van der Waals surface area contributed by atoms with Crippen LogP contribution in [0, 0.1) is 10.5 Å². The maximum absolute atomic E-state index is 13.1. The van der Waals surface area contributed by atoms with Crippen molar-refractivity contribution in [2.75, 3.05) is 0 Å². The van der Waals surface area contributed by atoms with Crippen molar-refractivity contribution in [3.63, 3.8) is 0 Å². The van der Waals surface area contributed by atoms with Crippen molar-refractivity contribution in [3.05, 3.63) is 33.4 Å². The van der Waals surface area contributed by atoms with Gasteiger partial charge in [-0.15, -0.1) is 0 Å². The van der Waals surface area contributed by atoms with Crippen molar-refractivity contribution < 1.29 is 91.1 Å². The Labute approximate surface area is 221 Å². The van der Waals surface area contributed by atoms with Crippen LogP contribution >= 0.6 is 22.6 Å². The molecule has 1 aromatic carbocycles. The van der Waals surface area contributed by atoms with E-state index in [2.05, 4.69) is 53.8 Å². The zero-order chi connectivity index (χ0) is 32.1. The van der Waals surface area contributed by atoms with E-state index in [1.54, 1.807) is 0 Å². The highest BCUT2D eigenvalue weighted by molar-refractivity contribution is 14.1. The molecule has 1 aromatic rings. The second-order valence-electron chi connectivity index (χ2n) is 6.76. The fourth-order valence-corrected chi connectivity index (χ4v) is 10.1. The van der Waals surface area contributed by atoms with Crippen molar-refractivity contribution in [2.24, 2.45) is 0 Å². The van der Waals surface area contributed by atoms with Crippen LogP contribution in [0.3, 0.4) is 0 Å². The highest BCUT2D eigenvalue weighted by atomic mass is 127. The topological polar surface area (TPSA) is 102 Å². The van der Waals surface area contributed by atoms with Crippen molar-refractivity contribution >= 4 is 52.1 Å². The number of hydrogen-bond donors (Lipinski definition) is 0. The molecule has 230 valence electrons. The maximum Gasteiger partial charge on any atom is 0.469 e. The van der Waals surface area contributed by atoms with Crippen molar-refractivity contribution in [3.8, 4) is 0 Å². The van der Waals surface area contributed by atoms with Gasteiger partial charge in [0.25, 0.3) is 33.4 Å². The molecule has 1 rings (SSSR count). The monoisotopic (exact) mass is 780 g/mol. The van der Waals surface area contributed by atoms with Crippen molar-refractivity contribution in [1.29, 1.82) is 0 Å². The number of benzene rings is 1. The van der Waals surface area contributed by atoms with Gasteiger partial charge in [0.1, 0.15) is 0 Å². The smallest absolute Gasteiger partial charge is 0.220 e. The molecule has 0 aliphatic heterocycles. The first-order valence-corrected chi connectivity index (χ1v) is 14.1. The summed E-state index contributed by atoms with van der Waals surface area (Å²) in [6, 6.07) is 8.44. The zero-order valence-corrected chi connectivity index (χ0v) is 22.2. The van der Waals surface area contributed by atoms with Crippen LogP contribution in [0.4, 0.5) is 65.9 Å². The van der Waals surface area contributed by atoms with Gasteiger partial charge in [0.15, 0.2) is 0 Å². The van der Waals surface area contributed by atoms with Gasteiger partial charge in [-0.3, -0.25) is 0 Å². The molecule has 0 unspecified atom stereocenters. The van der Waals surface area contributed by atoms with Gasteiger partial charge in [0, 0.05) is 3.57 Å². The van der Waals surface area contributed by atoms with E-state index in [4.69, 9.17) is 0 Å². The molecule has 0 aliphatic rings. The van der Waals surface area contributed by atoms with Crippen LogP contribution in [0.5, 0.6) is 0 Å². The highest BCUT2D eigenvalue weighted by Gasteiger charge is 2.83. The van der Waals surface area contributed by atoms with E-state index in [9.17, 15) is 91.1 Å². The summed E-state index contributed by atoms with van der Waals surface area (Å²) >= 11 is 2.30. The van der Waals surface area contributed by atoms with Gasteiger partial charge < -0.3 is 0 Å². The molecule has 0 heterocycles. The molecular weight excluding hydrogens is 772 g/mol. The first kappa shape index (κ1) is 37.8. The lowest BCUT2D eigenvalue weighted by molar-refractivity contribution is -0.243. The molecule has 39 heavy (non-hydrogen) atoms. The quantitative estimate of drug-likeness (QED) is 0.276. The van der Waals surface area contributed by atoms with E-state index in [1.807, 2.05) is 0 Å². The summed E-state index contributed by atoms with van der Waals surface area (Å²) in [5, 5.41) is -24.1. The summed E-state index contributed by atoms with van der Waals surface area (Å²) < 4.78 is 250. The Morgan fingerprint density at radius 2 is 0.718 bits per heavy atom. The lowest BCUT2D eigenvalue weighted by atomic mass is 10.2. The highest BCUT2D eigenvalue weighted by Crippen LogP contribution is 2.52. The van der Waals surface area contributed by atoms with Gasteiger partial charge in [-0.2, -0.15) is 65.9 Å². The van der Waals surface area contributed by atoms with Gasteiger partial charge in [0.2, 0.25) is 0 Å². The molecule has 0 aliphatic carbocycles. The average Bonchev–Trinajstić information content (AvgIpc) is 2.67. The first-order valence-electron chi connectivity index (χ1n) is 8.41. The SMILES string of the molecule is Cc1ccc(I)cc1.O=S(=O)(C(S(=O)(=O)C(F)(F)C(F)(F)F)S(=O)(=O)C(F)(F)C(F)(F)F)C(F)(F)C(F)(F)F. The number of sulfone groups is 3. The van der Waals surface area contributed by atoms with Gasteiger partial charge in [0.05, 0.1) is 0 Å². The van der Waals surface area contributed by atoms with Crippen LogP contribution in [0.2, 0.25) is 0 Å². The van der Waals surface area contributed by atoms with E-state index in [0.29, 0.717) is 0 Å². The Morgan fingerprint density at radius 3 is 0.872 bits per heavy atom. The molecule has 0 N–H and O–H groups in total. The minimum absolute atomic E-state index is 1.30. The average molecular weight is 780 g/mol. The summed E-state index contributed by atoms with van der Waals surface area (Å²) in [6.45, 7) is 2.09. The summed E-state index contributed by atoms with van der Waals surface area (Å²) in [5.74, 6) is 0. The van der Waals surface area contributed by atoms with Crippen LogP contribution in [0.1, 0.15) is 5.56 Å². The Hall–Kier alpha value is -1.25. The molecule has 0 saturated carbocycles. The number of aryl methyl sites for hydroxylation is 1. The third-order valence-corrected chi connectivity index (χ3v) is 13.5. The number of hydrogen-bond acceptors (Lipinski definition) is 6. The molecule has 0 saturated heterocycles. The standard InChI is InChI=1S/C7HF15O6S3.C7H7I/c8-2(9,10)5(17,18)29(23,24)1(30(25,26)6(19,20)3(11,12)13)31(27,28)7(21,22)4(14,15)16;1-6-2-4-7(8)5-3-6/h1H;2-5H,1H3. The minimum Gasteiger partial charge on any atom is -0.220 e. The van der Waals surface area contributed by atoms with Gasteiger partial charge >= 0.3 is 34.3 Å². The molecule has 0 bridgehead atoms. The number of rotatable bonds is 6. The molecule has 6 nitrogen and oxygen atoms in total. The second-order valence-corrected chi connectivity index (χ2v) is 15.1. The second kappa shape index (κ2) is 10.9. The number of halogens is 16. The van der Waals surface area contributed by atoms with Gasteiger partial charge in [-0.1, -0.05) is 17.7 Å². The number of alkyl halides is 15. The predicted molar refractivity (Wildman–Crippen MR) is 107 cm³/mol. The van der Waals surface area contributed by atoms with Crippen LogP contribution in [-0.4, -0.2) is 63.5 Å². The van der Waals surface area contributed by atoms with Gasteiger partial charge in [-0.05, 0) is 41.6 Å². The Kier molecular flexibility index (Phi) is 10.5. The van der Waals surface area contributed by atoms with Crippen LogP contribution in [0.15, 0.2) is 24.3 Å². The van der Waals surface area contributed by atoms with Gasteiger partial charge in [-0.25, -0.2) is 25.3 Å². The molecule has 0 spiro atoms. The molecule has 0 amide bonds. The minimum atomic E-state index is -9.15. The van der Waals surface area contributed by atoms with E-state index in [1.165, 1.54) is 9.13 Å². The molecule has 25 heteroatoms. The van der Waals surface area contributed by atoms with Crippen molar-refractivity contribution in [2.45, 2.75) is 45.1 Å². The maximum atomic E-state index is 13.1.